The molecule has 18 heavy (non-hydrogen) atoms. The molecule has 0 radical (unpaired) electrons. The average molecular weight is 250 g/mol. The van der Waals surface area contributed by atoms with Crippen molar-refractivity contribution < 1.29 is 4.79 Å². The van der Waals surface area contributed by atoms with E-state index in [1.807, 2.05) is 14.1 Å². The number of carbonyl (C=O) groups is 1. The van der Waals surface area contributed by atoms with E-state index in [9.17, 15) is 4.79 Å². The molecule has 0 bridgehead atoms. The van der Waals surface area contributed by atoms with Gasteiger partial charge in [-0.15, -0.1) is 5.92 Å². The van der Waals surface area contributed by atoms with Crippen molar-refractivity contribution in [2.45, 2.75) is 39.0 Å². The second kappa shape index (κ2) is 8.16. The van der Waals surface area contributed by atoms with Gasteiger partial charge in [0.2, 0.25) is 5.91 Å². The summed E-state index contributed by atoms with van der Waals surface area (Å²) in [5.74, 6) is 7.25. The van der Waals surface area contributed by atoms with Crippen molar-refractivity contribution in [3.63, 3.8) is 0 Å². The molecule has 0 aromatic heterocycles. The second-order valence-electron chi connectivity index (χ2n) is 5.28. The maximum atomic E-state index is 11.6. The molecule has 102 valence electrons. The monoisotopic (exact) mass is 250 g/mol. The first-order chi connectivity index (χ1) is 8.63. The Kier molecular flexibility index (Phi) is 6.82. The second-order valence-corrected chi connectivity index (χ2v) is 5.28. The molecule has 1 aliphatic heterocycles. The van der Waals surface area contributed by atoms with Crippen molar-refractivity contribution in [3.8, 4) is 11.8 Å². The number of carbonyl (C=O) groups excluding carboxylic acids is 1. The fraction of sp³-hybridized carbons (Fsp3) is 0.800. The Bertz CT molecular complexity index is 314. The van der Waals surface area contributed by atoms with Crippen LogP contribution in [0.4, 0.5) is 0 Å². The minimum Gasteiger partial charge on any atom is -0.349 e. The molecule has 0 aliphatic carbocycles. The first-order valence-electron chi connectivity index (χ1n) is 7.01. The van der Waals surface area contributed by atoms with Crippen LogP contribution < -0.4 is 0 Å². The summed E-state index contributed by atoms with van der Waals surface area (Å²) in [7, 11) is 3.66. The van der Waals surface area contributed by atoms with Gasteiger partial charge >= 0.3 is 0 Å². The fourth-order valence-corrected chi connectivity index (χ4v) is 2.37. The molecule has 1 aliphatic rings. The Labute approximate surface area is 112 Å². The van der Waals surface area contributed by atoms with Crippen LogP contribution in [0.25, 0.3) is 0 Å². The first-order valence-corrected chi connectivity index (χ1v) is 7.01. The number of likely N-dealkylation sites (tertiary alicyclic amines) is 1. The van der Waals surface area contributed by atoms with Gasteiger partial charge in [0.1, 0.15) is 0 Å². The van der Waals surface area contributed by atoms with E-state index in [0.717, 1.165) is 32.5 Å². The highest BCUT2D eigenvalue weighted by Crippen LogP contribution is 2.20. The standard InChI is InChI=1S/C15H26N2O/c1-4-5-6-11-17-12-7-8-14(13-17)9-10-15(18)16(2)3/h14H,4,7-13H2,1-3H3. The van der Waals surface area contributed by atoms with Gasteiger partial charge in [-0.2, -0.15) is 0 Å². The van der Waals surface area contributed by atoms with Crippen LogP contribution >= 0.6 is 0 Å². The van der Waals surface area contributed by atoms with Crippen LogP contribution in [0, 0.1) is 17.8 Å². The lowest BCUT2D eigenvalue weighted by Gasteiger charge is -2.31. The molecule has 3 nitrogen and oxygen atoms in total. The highest BCUT2D eigenvalue weighted by Gasteiger charge is 2.20. The van der Waals surface area contributed by atoms with Crippen molar-refractivity contribution in [2.75, 3.05) is 33.7 Å². The normalized spacial score (nSPS) is 20.1. The van der Waals surface area contributed by atoms with E-state index in [1.54, 1.807) is 4.90 Å². The van der Waals surface area contributed by atoms with E-state index in [1.165, 1.54) is 12.8 Å². The van der Waals surface area contributed by atoms with Crippen LogP contribution in [0.2, 0.25) is 0 Å². The van der Waals surface area contributed by atoms with Crippen LogP contribution in [0.3, 0.4) is 0 Å². The van der Waals surface area contributed by atoms with Crippen LogP contribution in [-0.2, 0) is 4.79 Å². The van der Waals surface area contributed by atoms with Gasteiger partial charge in [0.15, 0.2) is 0 Å². The van der Waals surface area contributed by atoms with Crippen molar-refractivity contribution >= 4 is 5.91 Å². The molecule has 1 heterocycles. The molecule has 1 rings (SSSR count). The first kappa shape index (κ1) is 15.0. The van der Waals surface area contributed by atoms with Crippen molar-refractivity contribution in [1.82, 2.24) is 9.80 Å². The van der Waals surface area contributed by atoms with E-state index in [4.69, 9.17) is 0 Å². The molecular weight excluding hydrogens is 224 g/mol. The van der Waals surface area contributed by atoms with Crippen molar-refractivity contribution in [3.05, 3.63) is 0 Å². The zero-order chi connectivity index (χ0) is 13.4. The van der Waals surface area contributed by atoms with Gasteiger partial charge in [-0.05, 0) is 31.7 Å². The molecule has 1 unspecified atom stereocenters. The number of piperidine rings is 1. The van der Waals surface area contributed by atoms with Gasteiger partial charge in [0, 0.05) is 33.5 Å². The minimum absolute atomic E-state index is 0.248. The predicted molar refractivity (Wildman–Crippen MR) is 75.2 cm³/mol. The summed E-state index contributed by atoms with van der Waals surface area (Å²) in [5.41, 5.74) is 0. The number of nitrogens with zero attached hydrogens (tertiary/aromatic N) is 2. The lowest BCUT2D eigenvalue weighted by atomic mass is 9.93. The molecule has 1 amide bonds. The van der Waals surface area contributed by atoms with Crippen molar-refractivity contribution in [1.29, 1.82) is 0 Å². The zero-order valence-corrected chi connectivity index (χ0v) is 12.0. The van der Waals surface area contributed by atoms with Gasteiger partial charge in [0.25, 0.3) is 0 Å². The van der Waals surface area contributed by atoms with Crippen molar-refractivity contribution in [2.24, 2.45) is 5.92 Å². The van der Waals surface area contributed by atoms with Crippen LogP contribution in [-0.4, -0.2) is 49.4 Å². The Morgan fingerprint density at radius 3 is 2.83 bits per heavy atom. The molecule has 3 heteroatoms. The Hall–Kier alpha value is -1.01. The third kappa shape index (κ3) is 5.55. The molecule has 0 aromatic carbocycles. The van der Waals surface area contributed by atoms with Gasteiger partial charge in [0.05, 0.1) is 6.54 Å². The summed E-state index contributed by atoms with van der Waals surface area (Å²) in [5, 5.41) is 0. The molecule has 0 N–H and O–H groups in total. The van der Waals surface area contributed by atoms with E-state index in [2.05, 4.69) is 23.7 Å². The van der Waals surface area contributed by atoms with Gasteiger partial charge < -0.3 is 4.90 Å². The minimum atomic E-state index is 0.248. The summed E-state index contributed by atoms with van der Waals surface area (Å²) in [6, 6.07) is 0. The van der Waals surface area contributed by atoms with Gasteiger partial charge in [-0.25, -0.2) is 0 Å². The molecule has 0 aromatic rings. The van der Waals surface area contributed by atoms with Crippen LogP contribution in [0.5, 0.6) is 0 Å². The summed E-state index contributed by atoms with van der Waals surface area (Å²) >= 11 is 0. The molecular formula is C15H26N2O. The fourth-order valence-electron chi connectivity index (χ4n) is 2.37. The Morgan fingerprint density at radius 2 is 2.17 bits per heavy atom. The quantitative estimate of drug-likeness (QED) is 0.712. The number of amides is 1. The van der Waals surface area contributed by atoms with Crippen LogP contribution in [0.1, 0.15) is 39.0 Å². The van der Waals surface area contributed by atoms with E-state index in [0.29, 0.717) is 12.3 Å². The summed E-state index contributed by atoms with van der Waals surface area (Å²) in [6.45, 7) is 5.25. The lowest BCUT2D eigenvalue weighted by molar-refractivity contribution is -0.129. The smallest absolute Gasteiger partial charge is 0.222 e. The van der Waals surface area contributed by atoms with Gasteiger partial charge in [-0.1, -0.05) is 12.8 Å². The molecule has 0 spiro atoms. The molecule has 1 atom stereocenters. The number of hydrogen-bond donors (Lipinski definition) is 0. The molecule has 0 saturated carbocycles. The maximum absolute atomic E-state index is 11.6. The summed E-state index contributed by atoms with van der Waals surface area (Å²) in [4.78, 5) is 15.7. The lowest BCUT2D eigenvalue weighted by Crippen LogP contribution is -2.36. The molecule has 1 fully saturated rings. The number of hydrogen-bond acceptors (Lipinski definition) is 2. The highest BCUT2D eigenvalue weighted by molar-refractivity contribution is 5.75. The largest absolute Gasteiger partial charge is 0.349 e. The van der Waals surface area contributed by atoms with Gasteiger partial charge in [-0.3, -0.25) is 9.69 Å². The third-order valence-electron chi connectivity index (χ3n) is 3.47. The topological polar surface area (TPSA) is 23.6 Å². The van der Waals surface area contributed by atoms with E-state index >= 15 is 0 Å². The highest BCUT2D eigenvalue weighted by atomic mass is 16.2. The molecule has 1 saturated heterocycles. The average Bonchev–Trinajstić information content (AvgIpc) is 2.36. The zero-order valence-electron chi connectivity index (χ0n) is 12.0. The number of rotatable bonds is 4. The maximum Gasteiger partial charge on any atom is 0.222 e. The SMILES string of the molecule is CCC#CCN1CCCC(CCC(=O)N(C)C)C1. The third-order valence-corrected chi connectivity index (χ3v) is 3.47. The van der Waals surface area contributed by atoms with Crippen LogP contribution in [0.15, 0.2) is 0 Å². The summed E-state index contributed by atoms with van der Waals surface area (Å²) < 4.78 is 0. The summed E-state index contributed by atoms with van der Waals surface area (Å²) in [6.07, 6.45) is 5.16. The van der Waals surface area contributed by atoms with E-state index < -0.39 is 0 Å². The Balaban J connectivity index is 2.28. The van der Waals surface area contributed by atoms with E-state index in [-0.39, 0.29) is 5.91 Å². The Morgan fingerprint density at radius 1 is 1.39 bits per heavy atom. The predicted octanol–water partition coefficient (Wildman–Crippen LogP) is 1.98.